The van der Waals surface area contributed by atoms with Gasteiger partial charge in [0.2, 0.25) is 5.89 Å². The summed E-state index contributed by atoms with van der Waals surface area (Å²) in [5.74, 6) is 1.85. The molecule has 1 aliphatic rings. The lowest BCUT2D eigenvalue weighted by Crippen LogP contribution is -2.41. The molecule has 9 nitrogen and oxygen atoms in total. The fourth-order valence-electron chi connectivity index (χ4n) is 3.50. The number of morpholine rings is 1. The van der Waals surface area contributed by atoms with E-state index >= 15 is 0 Å². The summed E-state index contributed by atoms with van der Waals surface area (Å²) in [6, 6.07) is 5.77. The Hall–Kier alpha value is -2.62. The second kappa shape index (κ2) is 11.7. The van der Waals surface area contributed by atoms with E-state index in [4.69, 9.17) is 18.6 Å². The lowest BCUT2D eigenvalue weighted by molar-refractivity contribution is 0.0320. The molecule has 0 saturated carbocycles. The van der Waals surface area contributed by atoms with Crippen LogP contribution in [0.3, 0.4) is 0 Å². The first kappa shape index (κ1) is 23.1. The first-order chi connectivity index (χ1) is 15.1. The molecule has 0 radical (unpaired) electrons. The average molecular weight is 433 g/mol. The van der Waals surface area contributed by atoms with Crippen molar-refractivity contribution in [2.24, 2.45) is 0 Å². The third-order valence-corrected chi connectivity index (χ3v) is 5.20. The first-order valence-corrected chi connectivity index (χ1v) is 10.6. The van der Waals surface area contributed by atoms with Crippen molar-refractivity contribution < 1.29 is 23.4 Å². The van der Waals surface area contributed by atoms with Crippen molar-refractivity contribution in [3.8, 4) is 11.5 Å². The molecule has 1 fully saturated rings. The van der Waals surface area contributed by atoms with E-state index in [0.29, 0.717) is 31.2 Å². The van der Waals surface area contributed by atoms with Crippen LogP contribution in [0.1, 0.15) is 28.9 Å². The quantitative estimate of drug-likeness (QED) is 0.575. The molecule has 1 amide bonds. The third-order valence-electron chi connectivity index (χ3n) is 5.20. The number of rotatable bonds is 11. The molecule has 1 N–H and O–H groups in total. The number of hydrogen-bond donors (Lipinski definition) is 1. The number of benzene rings is 1. The second-order valence-corrected chi connectivity index (χ2v) is 7.33. The summed E-state index contributed by atoms with van der Waals surface area (Å²) >= 11 is 0. The van der Waals surface area contributed by atoms with Crippen LogP contribution in [-0.2, 0) is 17.8 Å². The van der Waals surface area contributed by atoms with Gasteiger partial charge in [0, 0.05) is 44.8 Å². The van der Waals surface area contributed by atoms with Gasteiger partial charge >= 0.3 is 0 Å². The number of nitrogens with one attached hydrogen (secondary N) is 1. The van der Waals surface area contributed by atoms with Gasteiger partial charge in [-0.15, -0.1) is 0 Å². The molecule has 0 aliphatic carbocycles. The number of nitrogens with zero attached hydrogens (tertiary/aromatic N) is 3. The van der Waals surface area contributed by atoms with Gasteiger partial charge in [-0.3, -0.25) is 14.6 Å². The summed E-state index contributed by atoms with van der Waals surface area (Å²) in [6.07, 6.45) is 1.41. The van der Waals surface area contributed by atoms with Gasteiger partial charge in [0.15, 0.2) is 5.69 Å². The summed E-state index contributed by atoms with van der Waals surface area (Å²) in [6.45, 7) is 8.61. The number of carbonyl (C=O) groups excluding carboxylic acids is 1. The lowest BCUT2D eigenvalue weighted by atomic mass is 10.1. The summed E-state index contributed by atoms with van der Waals surface area (Å²) in [5.41, 5.74) is 1.31. The van der Waals surface area contributed by atoms with E-state index in [0.717, 1.165) is 56.5 Å². The van der Waals surface area contributed by atoms with E-state index in [2.05, 4.69) is 20.1 Å². The van der Waals surface area contributed by atoms with Gasteiger partial charge < -0.3 is 23.9 Å². The van der Waals surface area contributed by atoms with Crippen LogP contribution in [-0.4, -0.2) is 80.8 Å². The number of amides is 1. The van der Waals surface area contributed by atoms with E-state index in [1.165, 1.54) is 6.26 Å². The van der Waals surface area contributed by atoms with Gasteiger partial charge in [-0.2, -0.15) is 0 Å². The van der Waals surface area contributed by atoms with Gasteiger partial charge in [-0.05, 0) is 25.1 Å². The Kier molecular flexibility index (Phi) is 8.69. The Morgan fingerprint density at radius 3 is 2.74 bits per heavy atom. The van der Waals surface area contributed by atoms with E-state index in [9.17, 15) is 4.79 Å². The lowest BCUT2D eigenvalue weighted by Gasteiger charge is -2.30. The molecule has 9 heteroatoms. The average Bonchev–Trinajstić information content (AvgIpc) is 3.27. The molecule has 1 saturated heterocycles. The fourth-order valence-corrected chi connectivity index (χ4v) is 3.50. The maximum absolute atomic E-state index is 12.0. The summed E-state index contributed by atoms with van der Waals surface area (Å²) in [4.78, 5) is 21.0. The summed E-state index contributed by atoms with van der Waals surface area (Å²) in [5, 5.41) is 2.74. The zero-order valence-electron chi connectivity index (χ0n) is 18.6. The van der Waals surface area contributed by atoms with E-state index < -0.39 is 0 Å². The molecule has 0 unspecified atom stereocenters. The maximum Gasteiger partial charge on any atom is 0.273 e. The third kappa shape index (κ3) is 6.68. The highest BCUT2D eigenvalue weighted by Gasteiger charge is 2.18. The van der Waals surface area contributed by atoms with Gasteiger partial charge in [-0.25, -0.2) is 4.98 Å². The Labute approximate surface area is 183 Å². The van der Waals surface area contributed by atoms with Gasteiger partial charge in [0.1, 0.15) is 17.8 Å². The smallest absolute Gasteiger partial charge is 0.273 e. The van der Waals surface area contributed by atoms with E-state index in [1.807, 2.05) is 25.1 Å². The fraction of sp³-hybridized carbons (Fsp3) is 0.545. The maximum atomic E-state index is 12.0. The molecular weight excluding hydrogens is 400 g/mol. The zero-order valence-corrected chi connectivity index (χ0v) is 18.6. The topological polar surface area (TPSA) is 89.3 Å². The standard InChI is InChI=1S/C22H32N4O5/c1-4-23-22(27)19-16-31-21(24-19)15-26(8-7-25-9-11-30-12-10-25)14-17-13-18(28-2)5-6-20(17)29-3/h5-6,13,16H,4,7-12,14-15H2,1-3H3,(H,23,27). The predicted octanol–water partition coefficient (Wildman–Crippen LogP) is 1.78. The van der Waals surface area contributed by atoms with Crippen LogP contribution in [0, 0.1) is 0 Å². The van der Waals surface area contributed by atoms with Crippen LogP contribution in [0.4, 0.5) is 0 Å². The van der Waals surface area contributed by atoms with E-state index in [-0.39, 0.29) is 5.91 Å². The molecule has 31 heavy (non-hydrogen) atoms. The van der Waals surface area contributed by atoms with Crippen molar-refractivity contribution in [2.75, 3.05) is 60.2 Å². The Balaban J connectivity index is 1.73. The van der Waals surface area contributed by atoms with Crippen molar-refractivity contribution in [2.45, 2.75) is 20.0 Å². The van der Waals surface area contributed by atoms with Crippen LogP contribution < -0.4 is 14.8 Å². The number of hydrogen-bond acceptors (Lipinski definition) is 8. The monoisotopic (exact) mass is 432 g/mol. The Morgan fingerprint density at radius 1 is 1.23 bits per heavy atom. The number of carbonyl (C=O) groups is 1. The molecule has 2 aromatic rings. The van der Waals surface area contributed by atoms with Crippen molar-refractivity contribution in [3.05, 3.63) is 41.6 Å². The molecule has 0 atom stereocenters. The van der Waals surface area contributed by atoms with Gasteiger partial charge in [0.25, 0.3) is 5.91 Å². The molecule has 2 heterocycles. The van der Waals surface area contributed by atoms with Gasteiger partial charge in [0.05, 0.1) is 34.0 Å². The second-order valence-electron chi connectivity index (χ2n) is 7.33. The molecule has 3 rings (SSSR count). The number of aromatic nitrogens is 1. The summed E-state index contributed by atoms with van der Waals surface area (Å²) in [7, 11) is 3.31. The van der Waals surface area contributed by atoms with Crippen LogP contribution in [0.2, 0.25) is 0 Å². The number of methoxy groups -OCH3 is 2. The minimum atomic E-state index is -0.230. The van der Waals surface area contributed by atoms with Crippen LogP contribution in [0.5, 0.6) is 11.5 Å². The molecule has 0 bridgehead atoms. The molecule has 0 spiro atoms. The largest absolute Gasteiger partial charge is 0.497 e. The van der Waals surface area contributed by atoms with Crippen molar-refractivity contribution in [3.63, 3.8) is 0 Å². The molecule has 1 aromatic carbocycles. The van der Waals surface area contributed by atoms with Crippen molar-refractivity contribution >= 4 is 5.91 Å². The molecule has 170 valence electrons. The Morgan fingerprint density at radius 2 is 2.03 bits per heavy atom. The predicted molar refractivity (Wildman–Crippen MR) is 115 cm³/mol. The highest BCUT2D eigenvalue weighted by atomic mass is 16.5. The number of oxazole rings is 1. The molecule has 1 aromatic heterocycles. The highest BCUT2D eigenvalue weighted by molar-refractivity contribution is 5.91. The minimum absolute atomic E-state index is 0.230. The minimum Gasteiger partial charge on any atom is -0.497 e. The van der Waals surface area contributed by atoms with E-state index in [1.54, 1.807) is 14.2 Å². The van der Waals surface area contributed by atoms with Crippen LogP contribution >= 0.6 is 0 Å². The van der Waals surface area contributed by atoms with Crippen molar-refractivity contribution in [1.29, 1.82) is 0 Å². The number of ether oxygens (including phenoxy) is 3. The SMILES string of the molecule is CCNC(=O)c1coc(CN(CCN2CCOCC2)Cc2cc(OC)ccc2OC)n1. The molecular formula is C22H32N4O5. The zero-order chi connectivity index (χ0) is 22.1. The molecule has 1 aliphatic heterocycles. The van der Waals surface area contributed by atoms with Crippen LogP contribution in [0.15, 0.2) is 28.9 Å². The Bertz CT molecular complexity index is 835. The van der Waals surface area contributed by atoms with Gasteiger partial charge in [-0.1, -0.05) is 0 Å². The highest BCUT2D eigenvalue weighted by Crippen LogP contribution is 2.26. The normalized spacial score (nSPS) is 14.6. The summed E-state index contributed by atoms with van der Waals surface area (Å²) < 4.78 is 22.0. The van der Waals surface area contributed by atoms with Crippen molar-refractivity contribution in [1.82, 2.24) is 20.1 Å². The first-order valence-electron chi connectivity index (χ1n) is 10.6. The van der Waals surface area contributed by atoms with Crippen LogP contribution in [0.25, 0.3) is 0 Å².